The summed E-state index contributed by atoms with van der Waals surface area (Å²) in [5.74, 6) is -1.15. The Bertz CT molecular complexity index is 904. The number of hydrogen-bond donors (Lipinski definition) is 2. The fourth-order valence-electron chi connectivity index (χ4n) is 2.88. The fraction of sp³-hybridized carbons (Fsp3) is 0.294. The van der Waals surface area contributed by atoms with Crippen LogP contribution >= 0.6 is 15.9 Å². The van der Waals surface area contributed by atoms with Gasteiger partial charge < -0.3 is 15.6 Å². The monoisotopic (exact) mass is 393 g/mol. The van der Waals surface area contributed by atoms with Crippen LogP contribution in [0.2, 0.25) is 0 Å². The van der Waals surface area contributed by atoms with Crippen molar-refractivity contribution < 1.29 is 9.18 Å². The maximum absolute atomic E-state index is 14.1. The van der Waals surface area contributed by atoms with E-state index in [9.17, 15) is 14.0 Å². The van der Waals surface area contributed by atoms with E-state index in [1.165, 1.54) is 12.1 Å². The number of nitrogens with two attached hydrogens (primary N) is 1. The molecule has 1 aliphatic carbocycles. The lowest BCUT2D eigenvalue weighted by atomic mass is 10.1. The highest BCUT2D eigenvalue weighted by Gasteiger charge is 2.30. The third-order valence-electron chi connectivity index (χ3n) is 4.24. The van der Waals surface area contributed by atoms with Crippen LogP contribution in [0.5, 0.6) is 0 Å². The molecule has 3 N–H and O–H groups in total. The minimum absolute atomic E-state index is 0.118. The number of carbonyl (C=O) groups is 1. The van der Waals surface area contributed by atoms with Crippen molar-refractivity contribution >= 4 is 33.2 Å². The number of anilines is 2. The summed E-state index contributed by atoms with van der Waals surface area (Å²) in [6.45, 7) is 3.31. The average Bonchev–Trinajstić information content (AvgIpc) is 3.31. The zero-order valence-corrected chi connectivity index (χ0v) is 14.9. The van der Waals surface area contributed by atoms with Crippen molar-refractivity contribution in [2.75, 3.05) is 5.32 Å². The van der Waals surface area contributed by atoms with Crippen molar-refractivity contribution in [2.24, 2.45) is 5.73 Å². The number of carbonyl (C=O) groups excluding carboxylic acids is 1. The third-order valence-corrected chi connectivity index (χ3v) is 4.73. The van der Waals surface area contributed by atoms with Crippen LogP contribution in [-0.4, -0.2) is 10.5 Å². The van der Waals surface area contributed by atoms with Gasteiger partial charge in [0.15, 0.2) is 0 Å². The molecule has 0 aliphatic heterocycles. The van der Waals surface area contributed by atoms with E-state index in [4.69, 9.17) is 5.73 Å². The number of aromatic nitrogens is 1. The summed E-state index contributed by atoms with van der Waals surface area (Å²) < 4.78 is 16.3. The second kappa shape index (κ2) is 6.05. The maximum atomic E-state index is 14.1. The van der Waals surface area contributed by atoms with E-state index in [-0.39, 0.29) is 28.5 Å². The van der Waals surface area contributed by atoms with E-state index in [2.05, 4.69) is 21.2 Å². The van der Waals surface area contributed by atoms with Gasteiger partial charge in [0.25, 0.3) is 11.5 Å². The lowest BCUT2D eigenvalue weighted by molar-refractivity contribution is 0.0999. The van der Waals surface area contributed by atoms with Gasteiger partial charge in [0, 0.05) is 21.8 Å². The number of primary amides is 1. The third kappa shape index (κ3) is 2.84. The number of amides is 1. The van der Waals surface area contributed by atoms with Crippen LogP contribution in [-0.2, 0) is 0 Å². The first-order valence-electron chi connectivity index (χ1n) is 7.58. The Labute approximate surface area is 146 Å². The number of nitrogens with one attached hydrogen (secondary N) is 1. The van der Waals surface area contributed by atoms with E-state index in [1.807, 2.05) is 0 Å². The Hall–Kier alpha value is -2.15. The molecule has 1 fully saturated rings. The second-order valence-electron chi connectivity index (χ2n) is 5.98. The number of pyridine rings is 1. The molecule has 2 aromatic rings. The molecule has 0 radical (unpaired) electrons. The van der Waals surface area contributed by atoms with Gasteiger partial charge in [-0.3, -0.25) is 9.59 Å². The van der Waals surface area contributed by atoms with E-state index in [0.29, 0.717) is 15.7 Å². The molecule has 7 heteroatoms. The van der Waals surface area contributed by atoms with Crippen molar-refractivity contribution in [3.8, 4) is 0 Å². The summed E-state index contributed by atoms with van der Waals surface area (Å²) >= 11 is 3.19. The summed E-state index contributed by atoms with van der Waals surface area (Å²) in [7, 11) is 0. The van der Waals surface area contributed by atoms with Gasteiger partial charge in [-0.05, 0) is 44.9 Å². The van der Waals surface area contributed by atoms with E-state index in [1.54, 1.807) is 24.5 Å². The summed E-state index contributed by atoms with van der Waals surface area (Å²) in [5.41, 5.74) is 6.89. The van der Waals surface area contributed by atoms with Gasteiger partial charge in [0.05, 0.1) is 16.9 Å². The van der Waals surface area contributed by atoms with Gasteiger partial charge in [-0.1, -0.05) is 15.9 Å². The normalized spacial score (nSPS) is 13.8. The molecule has 126 valence electrons. The number of halogens is 2. The largest absolute Gasteiger partial charge is 0.365 e. The summed E-state index contributed by atoms with van der Waals surface area (Å²) in [5, 5.41) is 2.88. The van der Waals surface area contributed by atoms with Gasteiger partial charge in [-0.15, -0.1) is 0 Å². The highest BCUT2D eigenvalue weighted by molar-refractivity contribution is 9.10. The Morgan fingerprint density at radius 2 is 2.04 bits per heavy atom. The first-order valence-corrected chi connectivity index (χ1v) is 8.38. The predicted octanol–water partition coefficient (Wildman–Crippen LogP) is 3.54. The summed E-state index contributed by atoms with van der Waals surface area (Å²) in [6.07, 6.45) is 1.82. The highest BCUT2D eigenvalue weighted by atomic mass is 79.9. The molecule has 0 atom stereocenters. The first-order chi connectivity index (χ1) is 11.3. The second-order valence-corrected chi connectivity index (χ2v) is 6.90. The number of hydrogen-bond acceptors (Lipinski definition) is 3. The first kappa shape index (κ1) is 16.7. The zero-order valence-electron chi connectivity index (χ0n) is 13.3. The zero-order chi connectivity index (χ0) is 17.6. The smallest absolute Gasteiger partial charge is 0.256 e. The maximum Gasteiger partial charge on any atom is 0.256 e. The van der Waals surface area contributed by atoms with Crippen molar-refractivity contribution in [1.82, 2.24) is 4.57 Å². The van der Waals surface area contributed by atoms with Crippen LogP contribution in [0.15, 0.2) is 27.5 Å². The standard InChI is InChI=1S/C17H17BrFN3O2/c1-8-15(21-13-6-3-10(18)7-12(13)19)14(16(20)23)9(2)22(17(8)24)11-4-5-11/h3,6-7,11,21H,4-5H2,1-2H3,(H2,20,23). The van der Waals surface area contributed by atoms with Gasteiger partial charge in [-0.25, -0.2) is 4.39 Å². The molecule has 1 saturated carbocycles. The molecule has 0 spiro atoms. The van der Waals surface area contributed by atoms with E-state index < -0.39 is 11.7 Å². The van der Waals surface area contributed by atoms with Crippen LogP contribution in [0.1, 0.15) is 40.5 Å². The Balaban J connectivity index is 2.19. The molecule has 1 heterocycles. The molecule has 3 rings (SSSR count). The summed E-state index contributed by atoms with van der Waals surface area (Å²) in [6, 6.07) is 4.63. The number of benzene rings is 1. The minimum atomic E-state index is -0.648. The van der Waals surface area contributed by atoms with Crippen LogP contribution in [0.3, 0.4) is 0 Å². The molecular formula is C17H17BrFN3O2. The molecule has 5 nitrogen and oxygen atoms in total. The van der Waals surface area contributed by atoms with Crippen molar-refractivity contribution in [3.05, 3.63) is 55.7 Å². The minimum Gasteiger partial charge on any atom is -0.365 e. The molecule has 1 aromatic carbocycles. The van der Waals surface area contributed by atoms with Gasteiger partial charge in [0.2, 0.25) is 0 Å². The molecule has 1 aliphatic rings. The van der Waals surface area contributed by atoms with Gasteiger partial charge in [0.1, 0.15) is 5.82 Å². The highest BCUT2D eigenvalue weighted by Crippen LogP contribution is 2.37. The average molecular weight is 394 g/mol. The lowest BCUT2D eigenvalue weighted by Crippen LogP contribution is -2.30. The molecule has 24 heavy (non-hydrogen) atoms. The van der Waals surface area contributed by atoms with Crippen molar-refractivity contribution in [2.45, 2.75) is 32.7 Å². The van der Waals surface area contributed by atoms with E-state index >= 15 is 0 Å². The predicted molar refractivity (Wildman–Crippen MR) is 94.3 cm³/mol. The quantitative estimate of drug-likeness (QED) is 0.833. The molecule has 0 saturated heterocycles. The number of nitrogens with zero attached hydrogens (tertiary/aromatic N) is 1. The molecule has 1 aromatic heterocycles. The Morgan fingerprint density at radius 3 is 2.58 bits per heavy atom. The Morgan fingerprint density at radius 1 is 1.38 bits per heavy atom. The SMILES string of the molecule is Cc1c(Nc2ccc(Br)cc2F)c(C(N)=O)c(C)n(C2CC2)c1=O. The van der Waals surface area contributed by atoms with Crippen LogP contribution in [0.4, 0.5) is 15.8 Å². The van der Waals surface area contributed by atoms with Gasteiger partial charge in [-0.2, -0.15) is 0 Å². The fourth-order valence-corrected chi connectivity index (χ4v) is 3.22. The van der Waals surface area contributed by atoms with Crippen LogP contribution < -0.4 is 16.6 Å². The van der Waals surface area contributed by atoms with E-state index in [0.717, 1.165) is 12.8 Å². The van der Waals surface area contributed by atoms with Gasteiger partial charge >= 0.3 is 0 Å². The molecular weight excluding hydrogens is 377 g/mol. The molecule has 1 amide bonds. The lowest BCUT2D eigenvalue weighted by Gasteiger charge is -2.20. The molecule has 0 bridgehead atoms. The van der Waals surface area contributed by atoms with Crippen molar-refractivity contribution in [3.63, 3.8) is 0 Å². The Kier molecular flexibility index (Phi) is 4.21. The van der Waals surface area contributed by atoms with Crippen LogP contribution in [0, 0.1) is 19.7 Å². The topological polar surface area (TPSA) is 77.1 Å². The van der Waals surface area contributed by atoms with Crippen molar-refractivity contribution in [1.29, 1.82) is 0 Å². The number of rotatable bonds is 4. The van der Waals surface area contributed by atoms with Crippen LogP contribution in [0.25, 0.3) is 0 Å². The summed E-state index contributed by atoms with van der Waals surface area (Å²) in [4.78, 5) is 24.7. The molecule has 0 unspecified atom stereocenters.